The van der Waals surface area contributed by atoms with Gasteiger partial charge in [-0.15, -0.1) is 0 Å². The minimum Gasteiger partial charge on any atom is -0.370 e. The van der Waals surface area contributed by atoms with Crippen molar-refractivity contribution in [2.45, 2.75) is 19.3 Å². The van der Waals surface area contributed by atoms with E-state index in [1.54, 1.807) is 12.1 Å². The molecule has 3 rings (SSSR count). The van der Waals surface area contributed by atoms with Crippen LogP contribution >= 0.6 is 0 Å². The number of hydrogen-bond acceptors (Lipinski definition) is 3. The molecule has 0 unspecified atom stereocenters. The Morgan fingerprint density at radius 2 is 1.87 bits per heavy atom. The smallest absolute Gasteiger partial charge is 0.123 e. The number of aromatic nitrogens is 1. The summed E-state index contributed by atoms with van der Waals surface area (Å²) in [5.74, 6) is -0.166. The predicted octanol–water partition coefficient (Wildman–Crippen LogP) is 3.37. The van der Waals surface area contributed by atoms with E-state index in [1.165, 1.54) is 12.0 Å². The van der Waals surface area contributed by atoms with Crippen LogP contribution in [0.1, 0.15) is 18.4 Å². The maximum absolute atomic E-state index is 13.0. The summed E-state index contributed by atoms with van der Waals surface area (Å²) in [5.41, 5.74) is 2.44. The lowest BCUT2D eigenvalue weighted by molar-refractivity contribution is 0.290. The first-order chi connectivity index (χ1) is 11.3. The summed E-state index contributed by atoms with van der Waals surface area (Å²) >= 11 is 0. The topological polar surface area (TPSA) is 19.4 Å². The second-order valence-corrected chi connectivity index (χ2v) is 6.12. The van der Waals surface area contributed by atoms with Gasteiger partial charge in [0.15, 0.2) is 0 Å². The van der Waals surface area contributed by atoms with E-state index in [1.807, 2.05) is 30.6 Å². The third-order valence-electron chi connectivity index (χ3n) is 4.44. The van der Waals surface area contributed by atoms with Crippen LogP contribution in [0, 0.1) is 5.82 Å². The number of aryl methyl sites for hydroxylation is 1. The van der Waals surface area contributed by atoms with Crippen LogP contribution in [-0.2, 0) is 6.42 Å². The van der Waals surface area contributed by atoms with Gasteiger partial charge in [0.05, 0.1) is 0 Å². The number of halogens is 1. The first-order valence-corrected chi connectivity index (χ1v) is 8.43. The van der Waals surface area contributed by atoms with Crippen LogP contribution in [0.4, 0.5) is 10.1 Å². The van der Waals surface area contributed by atoms with Crippen molar-refractivity contribution >= 4 is 5.69 Å². The van der Waals surface area contributed by atoms with Crippen molar-refractivity contribution < 1.29 is 4.39 Å². The first kappa shape index (κ1) is 15.9. The van der Waals surface area contributed by atoms with Gasteiger partial charge < -0.3 is 9.80 Å². The van der Waals surface area contributed by atoms with Crippen molar-refractivity contribution in [3.8, 4) is 0 Å². The summed E-state index contributed by atoms with van der Waals surface area (Å²) < 4.78 is 13.0. The van der Waals surface area contributed by atoms with Gasteiger partial charge in [0.1, 0.15) is 5.82 Å². The Balaban J connectivity index is 1.46. The molecule has 1 fully saturated rings. The number of nitrogens with zero attached hydrogens (tertiary/aromatic N) is 3. The molecule has 1 aliphatic heterocycles. The molecule has 0 saturated carbocycles. The Morgan fingerprint density at radius 1 is 1.00 bits per heavy atom. The molecule has 2 aromatic rings. The summed E-state index contributed by atoms with van der Waals surface area (Å²) in [6.45, 7) is 5.41. The molecule has 0 spiro atoms. The lowest BCUT2D eigenvalue weighted by Crippen LogP contribution is -2.31. The zero-order valence-electron chi connectivity index (χ0n) is 13.5. The molecule has 2 heterocycles. The third kappa shape index (κ3) is 4.76. The maximum atomic E-state index is 13.0. The maximum Gasteiger partial charge on any atom is 0.123 e. The van der Waals surface area contributed by atoms with Crippen molar-refractivity contribution in [2.75, 3.05) is 37.6 Å². The number of rotatable bonds is 5. The fourth-order valence-electron chi connectivity index (χ4n) is 3.16. The van der Waals surface area contributed by atoms with Gasteiger partial charge in [-0.3, -0.25) is 4.98 Å². The molecule has 122 valence electrons. The molecule has 4 heteroatoms. The number of anilines is 1. The Morgan fingerprint density at radius 3 is 2.65 bits per heavy atom. The zero-order chi connectivity index (χ0) is 15.9. The van der Waals surface area contributed by atoms with Crippen LogP contribution in [0.2, 0.25) is 0 Å². The summed E-state index contributed by atoms with van der Waals surface area (Å²) in [6.07, 6.45) is 7.19. The number of benzene rings is 1. The molecule has 0 N–H and O–H groups in total. The van der Waals surface area contributed by atoms with Gasteiger partial charge in [-0.2, -0.15) is 0 Å². The largest absolute Gasteiger partial charge is 0.370 e. The normalized spacial score (nSPS) is 16.3. The van der Waals surface area contributed by atoms with E-state index in [9.17, 15) is 4.39 Å². The van der Waals surface area contributed by atoms with Crippen LogP contribution in [0.25, 0.3) is 0 Å². The van der Waals surface area contributed by atoms with Crippen molar-refractivity contribution in [1.82, 2.24) is 9.88 Å². The number of pyridine rings is 1. The van der Waals surface area contributed by atoms with Gasteiger partial charge in [-0.1, -0.05) is 6.07 Å². The van der Waals surface area contributed by atoms with E-state index in [2.05, 4.69) is 20.9 Å². The summed E-state index contributed by atoms with van der Waals surface area (Å²) in [5, 5.41) is 0. The van der Waals surface area contributed by atoms with Crippen molar-refractivity contribution in [2.24, 2.45) is 0 Å². The first-order valence-electron chi connectivity index (χ1n) is 8.43. The highest BCUT2D eigenvalue weighted by molar-refractivity contribution is 5.46. The second kappa shape index (κ2) is 8.06. The van der Waals surface area contributed by atoms with E-state index >= 15 is 0 Å². The van der Waals surface area contributed by atoms with Crippen molar-refractivity contribution in [3.63, 3.8) is 0 Å². The summed E-state index contributed by atoms with van der Waals surface area (Å²) in [6, 6.07) is 11.0. The molecule has 0 atom stereocenters. The van der Waals surface area contributed by atoms with E-state index in [0.717, 1.165) is 51.3 Å². The number of hydrogen-bond donors (Lipinski definition) is 0. The molecule has 0 bridgehead atoms. The molecule has 1 aliphatic rings. The van der Waals surface area contributed by atoms with Crippen molar-refractivity contribution in [3.05, 3.63) is 60.2 Å². The quantitative estimate of drug-likeness (QED) is 0.844. The average molecular weight is 313 g/mol. The van der Waals surface area contributed by atoms with Crippen molar-refractivity contribution in [1.29, 1.82) is 0 Å². The lowest BCUT2D eigenvalue weighted by atomic mass is 10.1. The fourth-order valence-corrected chi connectivity index (χ4v) is 3.16. The highest BCUT2D eigenvalue weighted by atomic mass is 19.1. The van der Waals surface area contributed by atoms with E-state index in [-0.39, 0.29) is 5.82 Å². The minimum atomic E-state index is -0.166. The SMILES string of the molecule is Fc1ccc(N2CCCN(CCCc3cccnc3)CC2)cc1. The van der Waals surface area contributed by atoms with Crippen LogP contribution < -0.4 is 4.90 Å². The monoisotopic (exact) mass is 313 g/mol. The Bertz CT molecular complexity index is 585. The van der Waals surface area contributed by atoms with Gasteiger partial charge in [-0.05, 0) is 68.2 Å². The van der Waals surface area contributed by atoms with Crippen LogP contribution in [0.5, 0.6) is 0 Å². The molecule has 0 aliphatic carbocycles. The van der Waals surface area contributed by atoms with Crippen LogP contribution in [0.15, 0.2) is 48.8 Å². The predicted molar refractivity (Wildman–Crippen MR) is 92.2 cm³/mol. The molecular formula is C19H24FN3. The minimum absolute atomic E-state index is 0.166. The van der Waals surface area contributed by atoms with Crippen LogP contribution in [0.3, 0.4) is 0 Å². The highest BCUT2D eigenvalue weighted by Gasteiger charge is 2.14. The van der Waals surface area contributed by atoms with E-state index in [4.69, 9.17) is 0 Å². The van der Waals surface area contributed by atoms with Gasteiger partial charge >= 0.3 is 0 Å². The molecule has 1 aromatic heterocycles. The Kier molecular flexibility index (Phi) is 5.59. The molecular weight excluding hydrogens is 289 g/mol. The molecule has 23 heavy (non-hydrogen) atoms. The zero-order valence-corrected chi connectivity index (χ0v) is 13.5. The highest BCUT2D eigenvalue weighted by Crippen LogP contribution is 2.17. The summed E-state index contributed by atoms with van der Waals surface area (Å²) in [7, 11) is 0. The van der Waals surface area contributed by atoms with E-state index in [0.29, 0.717) is 0 Å². The standard InChI is InChI=1S/C19H24FN3/c20-18-6-8-19(9-7-18)23-13-3-12-22(14-15-23)11-2-5-17-4-1-10-21-16-17/h1,4,6-10,16H,2-3,5,11-15H2. The van der Waals surface area contributed by atoms with Gasteiger partial charge in [0.2, 0.25) is 0 Å². The Labute approximate surface area is 137 Å². The lowest BCUT2D eigenvalue weighted by Gasteiger charge is -2.23. The molecule has 1 aromatic carbocycles. The van der Waals surface area contributed by atoms with Gasteiger partial charge in [0, 0.05) is 37.7 Å². The molecule has 3 nitrogen and oxygen atoms in total. The molecule has 0 radical (unpaired) electrons. The van der Waals surface area contributed by atoms with Gasteiger partial charge in [-0.25, -0.2) is 4.39 Å². The Hall–Kier alpha value is -1.94. The van der Waals surface area contributed by atoms with Crippen LogP contribution in [-0.4, -0.2) is 42.6 Å². The average Bonchev–Trinajstić information content (AvgIpc) is 2.82. The summed E-state index contributed by atoms with van der Waals surface area (Å²) in [4.78, 5) is 9.07. The van der Waals surface area contributed by atoms with Gasteiger partial charge in [0.25, 0.3) is 0 Å². The second-order valence-electron chi connectivity index (χ2n) is 6.12. The van der Waals surface area contributed by atoms with E-state index < -0.39 is 0 Å². The molecule has 1 saturated heterocycles. The fraction of sp³-hybridized carbons (Fsp3) is 0.421. The third-order valence-corrected chi connectivity index (χ3v) is 4.44. The molecule has 0 amide bonds.